The van der Waals surface area contributed by atoms with Gasteiger partial charge in [-0.05, 0) is 13.3 Å². The Morgan fingerprint density at radius 2 is 2.22 bits per heavy atom. The molecule has 0 aromatic rings. The van der Waals surface area contributed by atoms with Crippen molar-refractivity contribution in [3.05, 3.63) is 0 Å². The molecule has 1 heterocycles. The van der Waals surface area contributed by atoms with Gasteiger partial charge in [-0.25, -0.2) is 4.79 Å². The van der Waals surface area contributed by atoms with Crippen LogP contribution in [0.25, 0.3) is 0 Å². The van der Waals surface area contributed by atoms with Gasteiger partial charge in [-0.3, -0.25) is 4.79 Å². The number of ether oxygens (including phenoxy) is 1. The number of carboxylic acid groups (broad SMARTS) is 1. The third-order valence-electron chi connectivity index (χ3n) is 2.96. The number of amides is 2. The normalized spacial score (nSPS) is 24.9. The Morgan fingerprint density at radius 1 is 1.56 bits per heavy atom. The van der Waals surface area contributed by atoms with Crippen LogP contribution in [-0.2, 0) is 9.53 Å². The van der Waals surface area contributed by atoms with Gasteiger partial charge in [0.15, 0.2) is 0 Å². The maximum Gasteiger partial charge on any atom is 0.317 e. The average molecular weight is 260 g/mol. The molecule has 0 bridgehead atoms. The van der Waals surface area contributed by atoms with Gasteiger partial charge in [0.25, 0.3) is 0 Å². The van der Waals surface area contributed by atoms with Crippen molar-refractivity contribution in [2.24, 2.45) is 0 Å². The summed E-state index contributed by atoms with van der Waals surface area (Å²) < 4.78 is 4.95. The number of rotatable bonds is 5. The van der Waals surface area contributed by atoms with E-state index in [0.29, 0.717) is 13.0 Å². The predicted octanol–water partition coefficient (Wildman–Crippen LogP) is -0.358. The summed E-state index contributed by atoms with van der Waals surface area (Å²) >= 11 is 0. The van der Waals surface area contributed by atoms with Crippen molar-refractivity contribution >= 4 is 12.0 Å². The molecule has 104 valence electrons. The van der Waals surface area contributed by atoms with E-state index in [1.807, 2.05) is 0 Å². The number of aliphatic carboxylic acids is 1. The van der Waals surface area contributed by atoms with E-state index in [0.717, 1.165) is 0 Å². The molecule has 2 unspecified atom stereocenters. The first-order valence-electron chi connectivity index (χ1n) is 5.84. The van der Waals surface area contributed by atoms with Gasteiger partial charge in [-0.15, -0.1) is 0 Å². The minimum Gasteiger partial charge on any atom is -0.481 e. The van der Waals surface area contributed by atoms with Gasteiger partial charge >= 0.3 is 12.0 Å². The number of carbonyl (C=O) groups is 2. The van der Waals surface area contributed by atoms with Gasteiger partial charge in [-0.2, -0.15) is 0 Å². The van der Waals surface area contributed by atoms with E-state index in [-0.39, 0.29) is 25.5 Å². The molecule has 0 aromatic carbocycles. The van der Waals surface area contributed by atoms with Gasteiger partial charge in [0.2, 0.25) is 0 Å². The zero-order valence-corrected chi connectivity index (χ0v) is 10.7. The minimum absolute atomic E-state index is 0.139. The Balaban J connectivity index is 2.34. The average Bonchev–Trinajstić information content (AvgIpc) is 2.64. The zero-order valence-electron chi connectivity index (χ0n) is 10.7. The summed E-state index contributed by atoms with van der Waals surface area (Å²) in [5.41, 5.74) is -0.834. The van der Waals surface area contributed by atoms with Crippen LogP contribution in [0.1, 0.15) is 19.8 Å². The number of likely N-dealkylation sites (tertiary alicyclic amines) is 1. The summed E-state index contributed by atoms with van der Waals surface area (Å²) in [5, 5.41) is 21.0. The van der Waals surface area contributed by atoms with Crippen LogP contribution in [-0.4, -0.2) is 65.6 Å². The number of carboxylic acids is 1. The standard InChI is InChI=1S/C11H20N2O5/c1-11(17)3-4-13(7-11)10(16)12-6-8(18-2)5-9(14)15/h8,17H,3-7H2,1-2H3,(H,12,16)(H,14,15). The topological polar surface area (TPSA) is 99.1 Å². The summed E-state index contributed by atoms with van der Waals surface area (Å²) in [4.78, 5) is 23.8. The molecule has 18 heavy (non-hydrogen) atoms. The molecular weight excluding hydrogens is 240 g/mol. The van der Waals surface area contributed by atoms with Gasteiger partial charge in [0, 0.05) is 20.2 Å². The molecule has 0 spiro atoms. The van der Waals surface area contributed by atoms with Crippen molar-refractivity contribution in [2.45, 2.75) is 31.5 Å². The van der Waals surface area contributed by atoms with E-state index in [2.05, 4.69) is 5.32 Å². The van der Waals surface area contributed by atoms with Crippen molar-refractivity contribution in [3.8, 4) is 0 Å². The highest BCUT2D eigenvalue weighted by Gasteiger charge is 2.34. The van der Waals surface area contributed by atoms with Crippen LogP contribution in [0.3, 0.4) is 0 Å². The zero-order chi connectivity index (χ0) is 13.8. The third kappa shape index (κ3) is 4.50. The number of urea groups is 1. The third-order valence-corrected chi connectivity index (χ3v) is 2.96. The largest absolute Gasteiger partial charge is 0.481 e. The predicted molar refractivity (Wildman–Crippen MR) is 63.3 cm³/mol. The van der Waals surface area contributed by atoms with E-state index in [1.165, 1.54) is 12.0 Å². The molecule has 1 saturated heterocycles. The number of hydrogen-bond donors (Lipinski definition) is 3. The molecule has 2 amide bonds. The Hall–Kier alpha value is -1.34. The first-order valence-corrected chi connectivity index (χ1v) is 5.84. The molecule has 2 atom stereocenters. The van der Waals surface area contributed by atoms with Crippen LogP contribution in [0.4, 0.5) is 4.79 Å². The van der Waals surface area contributed by atoms with Crippen molar-refractivity contribution in [1.29, 1.82) is 0 Å². The molecule has 1 aliphatic heterocycles. The highest BCUT2D eigenvalue weighted by atomic mass is 16.5. The quantitative estimate of drug-likeness (QED) is 0.627. The molecular formula is C11H20N2O5. The monoisotopic (exact) mass is 260 g/mol. The molecule has 0 aromatic heterocycles. The molecule has 7 heteroatoms. The van der Waals surface area contributed by atoms with E-state index >= 15 is 0 Å². The lowest BCUT2D eigenvalue weighted by molar-refractivity contribution is -0.139. The highest BCUT2D eigenvalue weighted by Crippen LogP contribution is 2.19. The van der Waals surface area contributed by atoms with Crippen LogP contribution < -0.4 is 5.32 Å². The molecule has 1 aliphatic rings. The minimum atomic E-state index is -0.972. The lowest BCUT2D eigenvalue weighted by Crippen LogP contribution is -2.44. The Kier molecular flexibility index (Phi) is 4.92. The molecule has 0 saturated carbocycles. The Morgan fingerprint density at radius 3 is 2.67 bits per heavy atom. The van der Waals surface area contributed by atoms with Crippen LogP contribution in [0.5, 0.6) is 0 Å². The van der Waals surface area contributed by atoms with Gasteiger partial charge in [-0.1, -0.05) is 0 Å². The summed E-state index contributed by atoms with van der Waals surface area (Å²) in [6.07, 6.45) is -0.160. The lowest BCUT2D eigenvalue weighted by Gasteiger charge is -2.21. The van der Waals surface area contributed by atoms with Crippen LogP contribution in [0.15, 0.2) is 0 Å². The number of hydrogen-bond acceptors (Lipinski definition) is 4. The van der Waals surface area contributed by atoms with Gasteiger partial charge in [0.1, 0.15) is 0 Å². The van der Waals surface area contributed by atoms with Crippen molar-refractivity contribution in [1.82, 2.24) is 10.2 Å². The summed E-state index contributed by atoms with van der Waals surface area (Å²) in [7, 11) is 1.40. The van der Waals surface area contributed by atoms with E-state index in [4.69, 9.17) is 9.84 Å². The maximum absolute atomic E-state index is 11.7. The molecule has 1 rings (SSSR count). The highest BCUT2D eigenvalue weighted by molar-refractivity contribution is 5.74. The van der Waals surface area contributed by atoms with Crippen molar-refractivity contribution < 1.29 is 24.5 Å². The van der Waals surface area contributed by atoms with E-state index in [1.54, 1.807) is 6.92 Å². The first-order chi connectivity index (χ1) is 8.34. The van der Waals surface area contributed by atoms with E-state index < -0.39 is 17.7 Å². The fraction of sp³-hybridized carbons (Fsp3) is 0.818. The molecule has 3 N–H and O–H groups in total. The molecule has 0 aliphatic carbocycles. The van der Waals surface area contributed by atoms with Crippen LogP contribution in [0.2, 0.25) is 0 Å². The first kappa shape index (κ1) is 14.7. The second-order valence-corrected chi connectivity index (χ2v) is 4.81. The number of methoxy groups -OCH3 is 1. The van der Waals surface area contributed by atoms with Crippen LogP contribution >= 0.6 is 0 Å². The van der Waals surface area contributed by atoms with Crippen molar-refractivity contribution in [3.63, 3.8) is 0 Å². The summed E-state index contributed by atoms with van der Waals surface area (Å²) in [6, 6.07) is -0.305. The number of carbonyl (C=O) groups excluding carboxylic acids is 1. The fourth-order valence-electron chi connectivity index (χ4n) is 1.87. The smallest absolute Gasteiger partial charge is 0.317 e. The maximum atomic E-state index is 11.7. The SMILES string of the molecule is COC(CNC(=O)N1CCC(C)(O)C1)CC(=O)O. The summed E-state index contributed by atoms with van der Waals surface area (Å²) in [5.74, 6) is -0.972. The fourth-order valence-corrected chi connectivity index (χ4v) is 1.87. The second kappa shape index (κ2) is 6.01. The number of nitrogens with one attached hydrogen (secondary N) is 1. The lowest BCUT2D eigenvalue weighted by atomic mass is 10.1. The van der Waals surface area contributed by atoms with Crippen molar-refractivity contribution in [2.75, 3.05) is 26.7 Å². The number of aliphatic hydroxyl groups is 1. The van der Waals surface area contributed by atoms with Gasteiger partial charge < -0.3 is 25.2 Å². The molecule has 1 fully saturated rings. The van der Waals surface area contributed by atoms with Crippen LogP contribution in [0, 0.1) is 0 Å². The van der Waals surface area contributed by atoms with E-state index in [9.17, 15) is 14.7 Å². The molecule has 7 nitrogen and oxygen atoms in total. The molecule has 0 radical (unpaired) electrons. The second-order valence-electron chi connectivity index (χ2n) is 4.81. The number of β-amino-alcohol motifs (C(OH)–C–C–N with tert-alkyl or cyclic N) is 1. The van der Waals surface area contributed by atoms with Gasteiger partial charge in [0.05, 0.1) is 24.7 Å². The summed E-state index contributed by atoms with van der Waals surface area (Å²) in [6.45, 7) is 2.60. The Bertz CT molecular complexity index is 319. The Labute approximate surface area is 106 Å². The number of nitrogens with zero attached hydrogens (tertiary/aromatic N) is 1.